The molecule has 0 spiro atoms. The van der Waals surface area contributed by atoms with Gasteiger partial charge in [-0.25, -0.2) is 9.97 Å². The van der Waals surface area contributed by atoms with Crippen LogP contribution in [0.3, 0.4) is 0 Å². The van der Waals surface area contributed by atoms with Crippen LogP contribution in [0.15, 0.2) is 85.6 Å². The first kappa shape index (κ1) is 25.6. The summed E-state index contributed by atoms with van der Waals surface area (Å²) in [4.78, 5) is 23.5. The van der Waals surface area contributed by atoms with Crippen molar-refractivity contribution >= 4 is 34.1 Å². The van der Waals surface area contributed by atoms with Crippen LogP contribution in [0.2, 0.25) is 0 Å². The molecule has 0 bridgehead atoms. The van der Waals surface area contributed by atoms with Crippen molar-refractivity contribution < 1.29 is 9.90 Å². The van der Waals surface area contributed by atoms with E-state index >= 15 is 0 Å². The van der Waals surface area contributed by atoms with Crippen molar-refractivity contribution in [2.75, 3.05) is 36.9 Å². The maximum atomic E-state index is 11.7. The van der Waals surface area contributed by atoms with Gasteiger partial charge in [0.05, 0.1) is 12.1 Å². The van der Waals surface area contributed by atoms with E-state index < -0.39 is 0 Å². The number of piperidine rings is 1. The molecular weight excluding hydrogens is 474 g/mol. The zero-order valence-electron chi connectivity index (χ0n) is 21.4. The third-order valence-electron chi connectivity index (χ3n) is 7.10. The molecule has 1 aromatic heterocycles. The number of amides is 1. The molecule has 1 fully saturated rings. The maximum absolute atomic E-state index is 11.7. The van der Waals surface area contributed by atoms with E-state index in [0.717, 1.165) is 53.8 Å². The van der Waals surface area contributed by atoms with Gasteiger partial charge in [-0.05, 0) is 79.7 Å². The predicted molar refractivity (Wildman–Crippen MR) is 153 cm³/mol. The Morgan fingerprint density at radius 3 is 2.61 bits per heavy atom. The summed E-state index contributed by atoms with van der Waals surface area (Å²) in [6.07, 6.45) is 6.52. The summed E-state index contributed by atoms with van der Waals surface area (Å²) in [6, 6.07) is 22.2. The SMILES string of the molecule is C=CC(=O)Nc1cccc(-c2cccc3cnc(Nc4ccc(CC5CCN(CCO)CC5)cc4)nc23)c1. The third-order valence-corrected chi connectivity index (χ3v) is 7.10. The zero-order valence-corrected chi connectivity index (χ0v) is 21.4. The highest BCUT2D eigenvalue weighted by atomic mass is 16.3. The van der Waals surface area contributed by atoms with Gasteiger partial charge in [0.1, 0.15) is 0 Å². The summed E-state index contributed by atoms with van der Waals surface area (Å²) >= 11 is 0. The summed E-state index contributed by atoms with van der Waals surface area (Å²) in [7, 11) is 0. The first-order valence-electron chi connectivity index (χ1n) is 13.1. The van der Waals surface area contributed by atoms with Gasteiger partial charge in [0.15, 0.2) is 0 Å². The van der Waals surface area contributed by atoms with Gasteiger partial charge in [-0.3, -0.25) is 4.79 Å². The molecule has 2 heterocycles. The van der Waals surface area contributed by atoms with Gasteiger partial charge in [-0.1, -0.05) is 49.0 Å². The number of nitrogens with one attached hydrogen (secondary N) is 2. The van der Waals surface area contributed by atoms with Crippen LogP contribution in [-0.4, -0.2) is 52.1 Å². The molecule has 5 rings (SSSR count). The lowest BCUT2D eigenvalue weighted by molar-refractivity contribution is -0.111. The molecule has 1 aliphatic rings. The fourth-order valence-electron chi connectivity index (χ4n) is 5.05. The van der Waals surface area contributed by atoms with Gasteiger partial charge < -0.3 is 20.6 Å². The fourth-order valence-corrected chi connectivity index (χ4v) is 5.05. The molecule has 1 aliphatic heterocycles. The largest absolute Gasteiger partial charge is 0.395 e. The molecule has 4 aromatic rings. The first-order chi connectivity index (χ1) is 18.6. The number of aliphatic hydroxyl groups excluding tert-OH is 1. The Labute approximate surface area is 223 Å². The second kappa shape index (κ2) is 12.0. The number of nitrogens with zero attached hydrogens (tertiary/aromatic N) is 3. The van der Waals surface area contributed by atoms with Crippen LogP contribution in [0.5, 0.6) is 0 Å². The highest BCUT2D eigenvalue weighted by molar-refractivity contribution is 6.00. The molecule has 0 unspecified atom stereocenters. The van der Waals surface area contributed by atoms with Crippen LogP contribution in [0, 0.1) is 5.92 Å². The van der Waals surface area contributed by atoms with E-state index in [1.807, 2.05) is 48.7 Å². The molecular formula is C31H33N5O2. The lowest BCUT2D eigenvalue weighted by Gasteiger charge is -2.31. The Balaban J connectivity index is 1.29. The molecule has 0 saturated carbocycles. The monoisotopic (exact) mass is 507 g/mol. The molecule has 194 valence electrons. The van der Waals surface area contributed by atoms with Crippen molar-refractivity contribution in [2.45, 2.75) is 19.3 Å². The molecule has 3 aromatic carbocycles. The van der Waals surface area contributed by atoms with E-state index in [1.165, 1.54) is 24.5 Å². The van der Waals surface area contributed by atoms with Gasteiger partial charge in [0.25, 0.3) is 0 Å². The molecule has 0 aliphatic carbocycles. The van der Waals surface area contributed by atoms with E-state index in [9.17, 15) is 4.79 Å². The molecule has 7 nitrogen and oxygen atoms in total. The summed E-state index contributed by atoms with van der Waals surface area (Å²) in [5.41, 5.74) is 5.73. The number of carbonyl (C=O) groups is 1. The summed E-state index contributed by atoms with van der Waals surface area (Å²) in [6.45, 7) is 6.68. The average molecular weight is 508 g/mol. The van der Waals surface area contributed by atoms with Crippen LogP contribution in [0.1, 0.15) is 18.4 Å². The molecule has 1 saturated heterocycles. The Morgan fingerprint density at radius 1 is 1.05 bits per heavy atom. The van der Waals surface area contributed by atoms with Gasteiger partial charge in [-0.2, -0.15) is 0 Å². The molecule has 7 heteroatoms. The maximum Gasteiger partial charge on any atom is 0.247 e. The highest BCUT2D eigenvalue weighted by Crippen LogP contribution is 2.30. The second-order valence-corrected chi connectivity index (χ2v) is 9.75. The van der Waals surface area contributed by atoms with Gasteiger partial charge in [-0.15, -0.1) is 0 Å². The Hall–Kier alpha value is -4.07. The number of likely N-dealkylation sites (tertiary alicyclic amines) is 1. The van der Waals surface area contributed by atoms with Crippen LogP contribution >= 0.6 is 0 Å². The number of hydrogen-bond donors (Lipinski definition) is 3. The average Bonchev–Trinajstić information content (AvgIpc) is 2.95. The van der Waals surface area contributed by atoms with Crippen LogP contribution in [-0.2, 0) is 11.2 Å². The molecule has 1 amide bonds. The van der Waals surface area contributed by atoms with Crippen LogP contribution in [0.4, 0.5) is 17.3 Å². The van der Waals surface area contributed by atoms with E-state index in [1.54, 1.807) is 0 Å². The minimum atomic E-state index is -0.247. The number of anilines is 3. The number of β-amino-alcohol motifs (C(OH)–C–C–N with tert-alkyl or cyclic N) is 1. The minimum Gasteiger partial charge on any atom is -0.395 e. The predicted octanol–water partition coefficient (Wildman–Crippen LogP) is 5.41. The first-order valence-corrected chi connectivity index (χ1v) is 13.1. The van der Waals surface area contributed by atoms with E-state index in [0.29, 0.717) is 17.6 Å². The summed E-state index contributed by atoms with van der Waals surface area (Å²) in [5, 5.41) is 16.2. The number of aromatic nitrogens is 2. The highest BCUT2D eigenvalue weighted by Gasteiger charge is 2.19. The standard InChI is InChI=1S/C31H33N5O2/c1-2-29(38)33-27-7-3-5-24(20-27)28-8-4-6-25-21-32-31(35-30(25)28)34-26-11-9-22(10-12-26)19-23-13-15-36(16-14-23)17-18-37/h2-12,20-21,23,37H,1,13-19H2,(H,33,38)(H,32,34,35). The van der Waals surface area contributed by atoms with Crippen molar-refractivity contribution in [2.24, 2.45) is 5.92 Å². The van der Waals surface area contributed by atoms with Crippen molar-refractivity contribution in [1.29, 1.82) is 0 Å². The quantitative estimate of drug-likeness (QED) is 0.263. The number of fused-ring (bicyclic) bond motifs is 1. The van der Waals surface area contributed by atoms with Crippen molar-refractivity contribution in [3.05, 3.63) is 91.1 Å². The Kier molecular flexibility index (Phi) is 8.06. The molecule has 3 N–H and O–H groups in total. The Bertz CT molecular complexity index is 1410. The van der Waals surface area contributed by atoms with E-state index in [4.69, 9.17) is 10.1 Å². The summed E-state index contributed by atoms with van der Waals surface area (Å²) in [5.74, 6) is 0.975. The normalized spacial score (nSPS) is 14.3. The van der Waals surface area contributed by atoms with Crippen molar-refractivity contribution in [3.63, 3.8) is 0 Å². The number of rotatable bonds is 9. The second-order valence-electron chi connectivity index (χ2n) is 9.75. The number of aliphatic hydroxyl groups is 1. The minimum absolute atomic E-state index is 0.240. The van der Waals surface area contributed by atoms with Gasteiger partial charge in [0.2, 0.25) is 11.9 Å². The topological polar surface area (TPSA) is 90.4 Å². The van der Waals surface area contributed by atoms with E-state index in [-0.39, 0.29) is 12.5 Å². The van der Waals surface area contributed by atoms with Gasteiger partial charge in [0, 0.05) is 35.1 Å². The zero-order chi connectivity index (χ0) is 26.3. The van der Waals surface area contributed by atoms with Crippen molar-refractivity contribution in [3.8, 4) is 11.1 Å². The number of benzene rings is 3. The lowest BCUT2D eigenvalue weighted by Crippen LogP contribution is -2.36. The molecule has 0 atom stereocenters. The summed E-state index contributed by atoms with van der Waals surface area (Å²) < 4.78 is 0. The lowest BCUT2D eigenvalue weighted by atomic mass is 9.90. The van der Waals surface area contributed by atoms with Crippen molar-refractivity contribution in [1.82, 2.24) is 14.9 Å². The molecule has 38 heavy (non-hydrogen) atoms. The Morgan fingerprint density at radius 2 is 1.84 bits per heavy atom. The third kappa shape index (κ3) is 6.25. The number of para-hydroxylation sites is 1. The smallest absolute Gasteiger partial charge is 0.247 e. The molecule has 0 radical (unpaired) electrons. The van der Waals surface area contributed by atoms with Crippen LogP contribution < -0.4 is 10.6 Å². The van der Waals surface area contributed by atoms with Gasteiger partial charge >= 0.3 is 0 Å². The van der Waals surface area contributed by atoms with Crippen LogP contribution in [0.25, 0.3) is 22.0 Å². The fraction of sp³-hybridized carbons (Fsp3) is 0.258. The number of hydrogen-bond acceptors (Lipinski definition) is 6. The number of carbonyl (C=O) groups excluding carboxylic acids is 1. The van der Waals surface area contributed by atoms with E-state index in [2.05, 4.69) is 51.4 Å².